The molecule has 1 aromatic heterocycles. The maximum atomic E-state index is 13.1. The Morgan fingerprint density at radius 1 is 1.19 bits per heavy atom. The second-order valence-electron chi connectivity index (χ2n) is 4.59. The minimum Gasteiger partial charge on any atom is -0.477 e. The first-order valence-corrected chi connectivity index (χ1v) is 6.14. The normalized spacial score (nSPS) is 10.2. The number of aromatic nitrogens is 1. The van der Waals surface area contributed by atoms with Crippen molar-refractivity contribution in [2.24, 2.45) is 0 Å². The Bertz CT molecular complexity index is 709. The van der Waals surface area contributed by atoms with Gasteiger partial charge in [-0.25, -0.2) is 14.0 Å². The average molecular weight is 291 g/mol. The Labute approximate surface area is 120 Å². The van der Waals surface area contributed by atoms with Gasteiger partial charge in [-0.1, -0.05) is 0 Å². The summed E-state index contributed by atoms with van der Waals surface area (Å²) in [7, 11) is 0. The maximum Gasteiger partial charge on any atom is 0.354 e. The summed E-state index contributed by atoms with van der Waals surface area (Å²) in [5.74, 6) is -1.54. The highest BCUT2D eigenvalue weighted by Crippen LogP contribution is 2.18. The van der Waals surface area contributed by atoms with Gasteiger partial charge in [0.05, 0.1) is 5.69 Å². The van der Waals surface area contributed by atoms with Gasteiger partial charge in [0.1, 0.15) is 11.5 Å². The predicted octanol–water partition coefficient (Wildman–Crippen LogP) is 3.11. The summed E-state index contributed by atoms with van der Waals surface area (Å²) in [5.41, 5.74) is 1.49. The molecule has 0 aliphatic heterocycles. The topological polar surface area (TPSA) is 94.2 Å². The van der Waals surface area contributed by atoms with Crippen LogP contribution in [-0.2, 0) is 0 Å². The molecule has 0 atom stereocenters. The lowest BCUT2D eigenvalue weighted by Crippen LogP contribution is -2.20. The van der Waals surface area contributed by atoms with Crippen LogP contribution in [0.15, 0.2) is 24.3 Å². The molecule has 0 bridgehead atoms. The number of carbonyl (C=O) groups excluding carboxylic acids is 1. The van der Waals surface area contributed by atoms with Gasteiger partial charge in [0, 0.05) is 11.4 Å². The molecule has 0 spiro atoms. The van der Waals surface area contributed by atoms with E-state index >= 15 is 0 Å². The van der Waals surface area contributed by atoms with Gasteiger partial charge in [0.25, 0.3) is 0 Å². The van der Waals surface area contributed by atoms with Crippen molar-refractivity contribution in [1.82, 2.24) is 4.98 Å². The Morgan fingerprint density at radius 3 is 2.52 bits per heavy atom. The summed E-state index contributed by atoms with van der Waals surface area (Å²) in [4.78, 5) is 25.5. The fourth-order valence-corrected chi connectivity index (χ4v) is 1.86. The van der Waals surface area contributed by atoms with Crippen molar-refractivity contribution >= 4 is 23.4 Å². The quantitative estimate of drug-likeness (QED) is 0.699. The van der Waals surface area contributed by atoms with E-state index < -0.39 is 12.0 Å². The van der Waals surface area contributed by atoms with Crippen LogP contribution in [0.3, 0.4) is 0 Å². The number of carboxylic acid groups (broad SMARTS) is 1. The van der Waals surface area contributed by atoms with Gasteiger partial charge in [0.15, 0.2) is 0 Å². The number of carbonyl (C=O) groups is 2. The number of anilines is 2. The van der Waals surface area contributed by atoms with Crippen LogP contribution in [0.2, 0.25) is 0 Å². The first kappa shape index (κ1) is 14.6. The van der Waals surface area contributed by atoms with Crippen LogP contribution in [0.4, 0.5) is 20.6 Å². The first-order chi connectivity index (χ1) is 9.86. The number of aromatic carboxylic acids is 1. The van der Waals surface area contributed by atoms with E-state index in [9.17, 15) is 14.0 Å². The van der Waals surface area contributed by atoms with E-state index in [1.165, 1.54) is 24.3 Å². The van der Waals surface area contributed by atoms with E-state index in [2.05, 4.69) is 15.6 Å². The summed E-state index contributed by atoms with van der Waals surface area (Å²) in [6.07, 6.45) is 0. The molecule has 21 heavy (non-hydrogen) atoms. The Kier molecular flexibility index (Phi) is 3.93. The Morgan fingerprint density at radius 2 is 1.90 bits per heavy atom. The molecule has 4 N–H and O–H groups in total. The number of amides is 2. The lowest BCUT2D eigenvalue weighted by molar-refractivity contribution is 0.0692. The zero-order valence-electron chi connectivity index (χ0n) is 11.5. The van der Waals surface area contributed by atoms with Crippen molar-refractivity contribution < 1.29 is 19.1 Å². The number of aromatic amines is 1. The molecule has 2 aromatic rings. The van der Waals surface area contributed by atoms with Crippen LogP contribution >= 0.6 is 0 Å². The van der Waals surface area contributed by atoms with Crippen LogP contribution in [0, 0.1) is 19.7 Å². The molecule has 0 aliphatic carbocycles. The lowest BCUT2D eigenvalue weighted by Gasteiger charge is -2.08. The summed E-state index contributed by atoms with van der Waals surface area (Å²) in [6, 6.07) is 5.05. The van der Waals surface area contributed by atoms with Crippen LogP contribution < -0.4 is 10.6 Å². The number of hydrogen-bond acceptors (Lipinski definition) is 2. The van der Waals surface area contributed by atoms with Crippen molar-refractivity contribution in [1.29, 1.82) is 0 Å². The number of nitrogens with one attached hydrogen (secondary N) is 3. The molecule has 0 saturated carbocycles. The van der Waals surface area contributed by atoms with Gasteiger partial charge < -0.3 is 20.7 Å². The number of halogens is 1. The van der Waals surface area contributed by atoms with Crippen LogP contribution in [0.25, 0.3) is 0 Å². The van der Waals surface area contributed by atoms with Crippen molar-refractivity contribution in [3.05, 3.63) is 47.0 Å². The van der Waals surface area contributed by atoms with Gasteiger partial charge in [-0.05, 0) is 43.7 Å². The Balaban J connectivity index is 2.11. The maximum absolute atomic E-state index is 13.1. The molecule has 0 unspecified atom stereocenters. The summed E-state index contributed by atoms with van der Waals surface area (Å²) >= 11 is 0. The molecular formula is C14H14FN3O3. The largest absolute Gasteiger partial charge is 0.477 e. The predicted molar refractivity (Wildman–Crippen MR) is 76.3 cm³/mol. The highest BCUT2D eigenvalue weighted by atomic mass is 19.1. The number of rotatable bonds is 3. The molecule has 0 aliphatic rings. The van der Waals surface area contributed by atoms with Gasteiger partial charge in [-0.3, -0.25) is 0 Å². The minimum atomic E-state index is -1.17. The molecule has 2 rings (SSSR count). The second-order valence-corrected chi connectivity index (χ2v) is 4.59. The third-order valence-electron chi connectivity index (χ3n) is 2.83. The highest BCUT2D eigenvalue weighted by Gasteiger charge is 2.15. The standard InChI is InChI=1S/C14H14FN3O3/c1-7-5-9(3-4-10(7)15)17-14(21)18-11-6-8(2)16-12(11)13(19)20/h3-6,16H,1-2H3,(H,19,20)(H2,17,18,21). The Hall–Kier alpha value is -2.83. The van der Waals surface area contributed by atoms with Crippen molar-refractivity contribution in [2.75, 3.05) is 10.6 Å². The lowest BCUT2D eigenvalue weighted by atomic mass is 10.2. The molecule has 7 heteroatoms. The smallest absolute Gasteiger partial charge is 0.354 e. The van der Waals surface area contributed by atoms with E-state index in [1.54, 1.807) is 13.8 Å². The number of urea groups is 1. The van der Waals surface area contributed by atoms with Crippen molar-refractivity contribution in [3.63, 3.8) is 0 Å². The second kappa shape index (κ2) is 5.66. The van der Waals surface area contributed by atoms with Crippen LogP contribution in [-0.4, -0.2) is 22.1 Å². The molecule has 0 saturated heterocycles. The fraction of sp³-hybridized carbons (Fsp3) is 0.143. The molecule has 6 nitrogen and oxygen atoms in total. The molecule has 1 aromatic carbocycles. The summed E-state index contributed by atoms with van der Waals surface area (Å²) in [5, 5.41) is 14.0. The monoisotopic (exact) mass is 291 g/mol. The molecule has 0 fully saturated rings. The van der Waals surface area contributed by atoms with E-state index in [-0.39, 0.29) is 17.2 Å². The molecule has 1 heterocycles. The van der Waals surface area contributed by atoms with Gasteiger partial charge in [-0.2, -0.15) is 0 Å². The zero-order chi connectivity index (χ0) is 15.6. The number of hydrogen-bond donors (Lipinski definition) is 4. The molecule has 2 amide bonds. The van der Waals surface area contributed by atoms with Crippen LogP contribution in [0.1, 0.15) is 21.7 Å². The number of carboxylic acids is 1. The average Bonchev–Trinajstić information content (AvgIpc) is 2.75. The van der Waals surface area contributed by atoms with Gasteiger partial charge in [-0.15, -0.1) is 0 Å². The van der Waals surface area contributed by atoms with Crippen molar-refractivity contribution in [2.45, 2.75) is 13.8 Å². The van der Waals surface area contributed by atoms with Gasteiger partial charge >= 0.3 is 12.0 Å². The molecule has 110 valence electrons. The third kappa shape index (κ3) is 3.38. The van der Waals surface area contributed by atoms with E-state index in [0.717, 1.165) is 0 Å². The number of benzene rings is 1. The molecular weight excluding hydrogens is 277 g/mol. The SMILES string of the molecule is Cc1cc(NC(=O)Nc2ccc(F)c(C)c2)c(C(=O)O)[nH]1. The number of H-pyrrole nitrogens is 1. The summed E-state index contributed by atoms with van der Waals surface area (Å²) in [6.45, 7) is 3.26. The first-order valence-electron chi connectivity index (χ1n) is 6.14. The third-order valence-corrected chi connectivity index (χ3v) is 2.83. The van der Waals surface area contributed by atoms with Crippen molar-refractivity contribution in [3.8, 4) is 0 Å². The minimum absolute atomic E-state index is 0.0991. The zero-order valence-corrected chi connectivity index (χ0v) is 11.5. The van der Waals surface area contributed by atoms with E-state index in [1.807, 2.05) is 0 Å². The fourth-order valence-electron chi connectivity index (χ4n) is 1.86. The van der Waals surface area contributed by atoms with E-state index in [4.69, 9.17) is 5.11 Å². The summed E-state index contributed by atoms with van der Waals surface area (Å²) < 4.78 is 13.1. The molecule has 0 radical (unpaired) electrons. The van der Waals surface area contributed by atoms with E-state index in [0.29, 0.717) is 16.9 Å². The van der Waals surface area contributed by atoms with Crippen LogP contribution in [0.5, 0.6) is 0 Å². The number of aryl methyl sites for hydroxylation is 2. The van der Waals surface area contributed by atoms with Gasteiger partial charge in [0.2, 0.25) is 0 Å². The highest BCUT2D eigenvalue weighted by molar-refractivity contribution is 6.04.